The molecule has 2 aromatic rings. The van der Waals surface area contributed by atoms with Gasteiger partial charge in [-0.05, 0) is 12.8 Å². The molecule has 0 unspecified atom stereocenters. The van der Waals surface area contributed by atoms with Crippen LogP contribution in [-0.4, -0.2) is 23.4 Å². The van der Waals surface area contributed by atoms with Gasteiger partial charge in [-0.25, -0.2) is 0 Å². The van der Waals surface area contributed by atoms with Crippen LogP contribution in [-0.2, 0) is 0 Å². The van der Waals surface area contributed by atoms with Gasteiger partial charge >= 0.3 is 0 Å². The minimum absolute atomic E-state index is 0.0120. The first-order valence-corrected chi connectivity index (χ1v) is 6.92. The topological polar surface area (TPSA) is 58.9 Å². The number of aromatic hydroxyl groups is 2. The fourth-order valence-corrected chi connectivity index (χ4v) is 2.03. The zero-order valence-corrected chi connectivity index (χ0v) is 11.8. The first-order valence-electron chi connectivity index (χ1n) is 6.92. The summed E-state index contributed by atoms with van der Waals surface area (Å²) in [6, 6.07) is 7.09. The number of ether oxygens (including phenoxy) is 2. The summed E-state index contributed by atoms with van der Waals surface area (Å²) >= 11 is 0. The molecule has 4 nitrogen and oxygen atoms in total. The number of phenols is 2. The summed E-state index contributed by atoms with van der Waals surface area (Å²) in [6.07, 6.45) is 1.61. The Morgan fingerprint density at radius 1 is 0.800 bits per heavy atom. The fourth-order valence-electron chi connectivity index (χ4n) is 2.03. The highest BCUT2D eigenvalue weighted by Gasteiger charge is 2.21. The largest absolute Gasteiger partial charge is 0.504 e. The lowest BCUT2D eigenvalue weighted by molar-refractivity contribution is 0.250. The predicted octanol–water partition coefficient (Wildman–Crippen LogP) is 3.83. The molecule has 0 saturated carbocycles. The second-order valence-electron chi connectivity index (χ2n) is 4.60. The van der Waals surface area contributed by atoms with Crippen LogP contribution in [0.15, 0.2) is 24.3 Å². The van der Waals surface area contributed by atoms with E-state index in [1.165, 1.54) is 0 Å². The van der Waals surface area contributed by atoms with Crippen molar-refractivity contribution in [2.24, 2.45) is 0 Å². The van der Waals surface area contributed by atoms with Gasteiger partial charge in [0.05, 0.1) is 13.2 Å². The number of hydrogen-bond donors (Lipinski definition) is 2. The van der Waals surface area contributed by atoms with Crippen molar-refractivity contribution in [2.45, 2.75) is 26.7 Å². The molecule has 4 heteroatoms. The van der Waals surface area contributed by atoms with Gasteiger partial charge < -0.3 is 19.7 Å². The van der Waals surface area contributed by atoms with Crippen LogP contribution in [0.25, 0.3) is 10.8 Å². The van der Waals surface area contributed by atoms with Crippen molar-refractivity contribution in [3.63, 3.8) is 0 Å². The molecule has 2 aromatic carbocycles. The van der Waals surface area contributed by atoms with Gasteiger partial charge in [-0.3, -0.25) is 0 Å². The molecule has 0 aliphatic carbocycles. The average molecular weight is 276 g/mol. The van der Waals surface area contributed by atoms with E-state index >= 15 is 0 Å². The first-order chi connectivity index (χ1) is 9.70. The maximum absolute atomic E-state index is 10.4. The highest BCUT2D eigenvalue weighted by molar-refractivity contribution is 5.98. The number of fused-ring (bicyclic) bond motifs is 1. The Morgan fingerprint density at radius 2 is 1.20 bits per heavy atom. The van der Waals surface area contributed by atoms with Crippen molar-refractivity contribution in [3.8, 4) is 23.0 Å². The van der Waals surface area contributed by atoms with Gasteiger partial charge in [0.15, 0.2) is 11.5 Å². The molecule has 0 amide bonds. The lowest BCUT2D eigenvalue weighted by Crippen LogP contribution is -2.02. The summed E-state index contributed by atoms with van der Waals surface area (Å²) < 4.78 is 11.1. The monoisotopic (exact) mass is 276 g/mol. The molecule has 0 radical (unpaired) electrons. The third kappa shape index (κ3) is 2.59. The van der Waals surface area contributed by atoms with Crippen molar-refractivity contribution >= 4 is 10.8 Å². The summed E-state index contributed by atoms with van der Waals surface area (Å²) in [7, 11) is 0. The Balaban J connectivity index is 2.61. The molecule has 0 aliphatic heterocycles. The Kier molecular flexibility index (Phi) is 4.56. The predicted molar refractivity (Wildman–Crippen MR) is 78.8 cm³/mol. The Labute approximate surface area is 118 Å². The van der Waals surface area contributed by atoms with Crippen LogP contribution >= 0.6 is 0 Å². The van der Waals surface area contributed by atoms with E-state index in [4.69, 9.17) is 9.47 Å². The first kappa shape index (κ1) is 14.3. The standard InChI is InChI=1S/C16H20O4/c1-3-9-19-15-13(17)11-7-5-6-8-12(11)14(18)16(15)20-10-4-2/h5-8,17-18H,3-4,9-10H2,1-2H3. The molecule has 0 saturated heterocycles. The molecule has 0 bridgehead atoms. The third-order valence-corrected chi connectivity index (χ3v) is 2.97. The van der Waals surface area contributed by atoms with Crippen molar-refractivity contribution in [1.82, 2.24) is 0 Å². The van der Waals surface area contributed by atoms with Gasteiger partial charge in [0, 0.05) is 10.8 Å². The second kappa shape index (κ2) is 6.37. The van der Waals surface area contributed by atoms with Gasteiger partial charge in [-0.2, -0.15) is 0 Å². The molecule has 0 aromatic heterocycles. The second-order valence-corrected chi connectivity index (χ2v) is 4.60. The normalized spacial score (nSPS) is 10.7. The van der Waals surface area contributed by atoms with Crippen molar-refractivity contribution in [2.75, 3.05) is 13.2 Å². The molecule has 2 rings (SSSR count). The van der Waals surface area contributed by atoms with Gasteiger partial charge in [-0.15, -0.1) is 0 Å². The molecule has 20 heavy (non-hydrogen) atoms. The summed E-state index contributed by atoms with van der Waals surface area (Å²) in [4.78, 5) is 0. The summed E-state index contributed by atoms with van der Waals surface area (Å²) in [5, 5.41) is 21.8. The van der Waals surface area contributed by atoms with E-state index in [0.717, 1.165) is 12.8 Å². The number of rotatable bonds is 6. The molecule has 2 N–H and O–H groups in total. The quantitative estimate of drug-likeness (QED) is 0.787. The van der Waals surface area contributed by atoms with Crippen molar-refractivity contribution in [1.29, 1.82) is 0 Å². The smallest absolute Gasteiger partial charge is 0.207 e. The molecule has 0 atom stereocenters. The lowest BCUT2D eigenvalue weighted by atomic mass is 10.1. The number of hydrogen-bond acceptors (Lipinski definition) is 4. The van der Waals surface area contributed by atoms with Crippen LogP contribution in [0.3, 0.4) is 0 Å². The molecule has 0 fully saturated rings. The van der Waals surface area contributed by atoms with E-state index in [0.29, 0.717) is 24.0 Å². The van der Waals surface area contributed by atoms with Crippen molar-refractivity contribution < 1.29 is 19.7 Å². The van der Waals surface area contributed by atoms with E-state index in [9.17, 15) is 10.2 Å². The van der Waals surface area contributed by atoms with Crippen LogP contribution in [0.5, 0.6) is 23.0 Å². The van der Waals surface area contributed by atoms with Crippen LogP contribution < -0.4 is 9.47 Å². The van der Waals surface area contributed by atoms with Crippen LogP contribution in [0.1, 0.15) is 26.7 Å². The molecule has 108 valence electrons. The van der Waals surface area contributed by atoms with Crippen LogP contribution in [0, 0.1) is 0 Å². The van der Waals surface area contributed by atoms with E-state index in [1.807, 2.05) is 13.8 Å². The summed E-state index contributed by atoms with van der Waals surface area (Å²) in [5.74, 6) is 0.462. The molecular weight excluding hydrogens is 256 g/mol. The van der Waals surface area contributed by atoms with Crippen LogP contribution in [0.2, 0.25) is 0 Å². The van der Waals surface area contributed by atoms with Gasteiger partial charge in [0.25, 0.3) is 0 Å². The van der Waals surface area contributed by atoms with E-state index in [-0.39, 0.29) is 23.0 Å². The van der Waals surface area contributed by atoms with E-state index < -0.39 is 0 Å². The fraction of sp³-hybridized carbons (Fsp3) is 0.375. The van der Waals surface area contributed by atoms with Gasteiger partial charge in [-0.1, -0.05) is 38.1 Å². The third-order valence-electron chi connectivity index (χ3n) is 2.97. The maximum atomic E-state index is 10.4. The molecular formula is C16H20O4. The van der Waals surface area contributed by atoms with Crippen molar-refractivity contribution in [3.05, 3.63) is 24.3 Å². The minimum atomic E-state index is 0.0120. The SMILES string of the molecule is CCCOc1c(OCCC)c(O)c2ccccc2c1O. The highest BCUT2D eigenvalue weighted by atomic mass is 16.5. The molecule has 0 aliphatic rings. The van der Waals surface area contributed by atoms with E-state index in [1.54, 1.807) is 24.3 Å². The molecule has 0 heterocycles. The zero-order chi connectivity index (χ0) is 14.5. The minimum Gasteiger partial charge on any atom is -0.504 e. The zero-order valence-electron chi connectivity index (χ0n) is 11.8. The van der Waals surface area contributed by atoms with Gasteiger partial charge in [0.2, 0.25) is 11.5 Å². The Bertz CT molecular complexity index is 540. The number of benzene rings is 2. The average Bonchev–Trinajstić information content (AvgIpc) is 2.48. The summed E-state index contributed by atoms with van der Waals surface area (Å²) in [6.45, 7) is 4.86. The maximum Gasteiger partial charge on any atom is 0.207 e. The van der Waals surface area contributed by atoms with Crippen LogP contribution in [0.4, 0.5) is 0 Å². The van der Waals surface area contributed by atoms with E-state index in [2.05, 4.69) is 0 Å². The summed E-state index contributed by atoms with van der Waals surface area (Å²) in [5.41, 5.74) is 0. The Hall–Kier alpha value is -2.10. The molecule has 0 spiro atoms. The lowest BCUT2D eigenvalue weighted by Gasteiger charge is -2.17. The highest BCUT2D eigenvalue weighted by Crippen LogP contribution is 2.50. The Morgan fingerprint density at radius 3 is 1.55 bits per heavy atom. The number of phenolic OH excluding ortho intramolecular Hbond substituents is 2. The van der Waals surface area contributed by atoms with Gasteiger partial charge in [0.1, 0.15) is 0 Å².